The van der Waals surface area contributed by atoms with Crippen LogP contribution in [0.2, 0.25) is 5.15 Å². The number of nitrogens with zero attached hydrogens (tertiary/aromatic N) is 2. The van der Waals surface area contributed by atoms with Crippen LogP contribution in [-0.4, -0.2) is 53.8 Å². The minimum Gasteiger partial charge on any atom is -0.463 e. The van der Waals surface area contributed by atoms with Crippen molar-refractivity contribution in [3.63, 3.8) is 0 Å². The summed E-state index contributed by atoms with van der Waals surface area (Å²) in [5, 5.41) is 3.70. The first-order chi connectivity index (χ1) is 13.2. The van der Waals surface area contributed by atoms with Gasteiger partial charge in [-0.05, 0) is 52.2 Å². The molecule has 0 spiro atoms. The predicted molar refractivity (Wildman–Crippen MR) is 109 cm³/mol. The molecular formula is C20H28ClN3O4. The minimum atomic E-state index is -0.474. The molecule has 1 aliphatic rings. The largest absolute Gasteiger partial charge is 0.463 e. The number of halogens is 1. The first-order valence-electron chi connectivity index (χ1n) is 9.40. The fourth-order valence-corrected chi connectivity index (χ4v) is 2.87. The standard InChI is InChI=1S/C20H28ClN3O4/c1-5-27-18(25)7-6-15-11-23-17(21)10-16(15)22-9-8-14-12-24(13-14)19(26)28-20(2,3)4/h6-7,10-11,14H,5,8-9,12-13H2,1-4H3,(H,22,23)/b7-6+. The van der Waals surface area contributed by atoms with Crippen molar-refractivity contribution in [1.82, 2.24) is 9.88 Å². The first-order valence-corrected chi connectivity index (χ1v) is 9.78. The molecule has 2 rings (SSSR count). The van der Waals surface area contributed by atoms with Gasteiger partial charge in [-0.25, -0.2) is 14.6 Å². The number of likely N-dealkylation sites (tertiary alicyclic amines) is 1. The number of nitrogens with one attached hydrogen (secondary N) is 1. The van der Waals surface area contributed by atoms with E-state index >= 15 is 0 Å². The van der Waals surface area contributed by atoms with Crippen LogP contribution in [0.15, 0.2) is 18.3 Å². The van der Waals surface area contributed by atoms with E-state index in [0.717, 1.165) is 17.7 Å². The van der Waals surface area contributed by atoms with E-state index in [9.17, 15) is 9.59 Å². The van der Waals surface area contributed by atoms with Crippen LogP contribution < -0.4 is 5.32 Å². The Morgan fingerprint density at radius 2 is 2.11 bits per heavy atom. The smallest absolute Gasteiger partial charge is 0.410 e. The van der Waals surface area contributed by atoms with E-state index in [2.05, 4.69) is 10.3 Å². The summed E-state index contributed by atoms with van der Waals surface area (Å²) < 4.78 is 10.2. The molecule has 0 aromatic carbocycles. The lowest BCUT2D eigenvalue weighted by Gasteiger charge is -2.39. The summed E-state index contributed by atoms with van der Waals surface area (Å²) in [7, 11) is 0. The van der Waals surface area contributed by atoms with Crippen molar-refractivity contribution < 1.29 is 19.1 Å². The Labute approximate surface area is 171 Å². The quantitative estimate of drug-likeness (QED) is 0.416. The molecule has 1 aromatic heterocycles. The van der Waals surface area contributed by atoms with E-state index in [4.69, 9.17) is 21.1 Å². The van der Waals surface area contributed by atoms with E-state index in [1.807, 2.05) is 20.8 Å². The van der Waals surface area contributed by atoms with Crippen LogP contribution in [-0.2, 0) is 14.3 Å². The Morgan fingerprint density at radius 3 is 2.75 bits per heavy atom. The van der Waals surface area contributed by atoms with Crippen molar-refractivity contribution in [1.29, 1.82) is 0 Å². The monoisotopic (exact) mass is 409 g/mol. The third-order valence-electron chi connectivity index (χ3n) is 4.06. The van der Waals surface area contributed by atoms with E-state index in [1.54, 1.807) is 30.2 Å². The number of rotatable bonds is 7. The summed E-state index contributed by atoms with van der Waals surface area (Å²) >= 11 is 5.99. The van der Waals surface area contributed by atoms with Gasteiger partial charge in [-0.3, -0.25) is 0 Å². The number of carbonyl (C=O) groups is 2. The molecule has 1 aliphatic heterocycles. The van der Waals surface area contributed by atoms with Gasteiger partial charge in [-0.2, -0.15) is 0 Å². The fourth-order valence-electron chi connectivity index (χ4n) is 2.71. The molecule has 1 N–H and O–H groups in total. The van der Waals surface area contributed by atoms with Gasteiger partial charge in [-0.15, -0.1) is 0 Å². The van der Waals surface area contributed by atoms with Crippen molar-refractivity contribution in [2.45, 2.75) is 39.7 Å². The Balaban J connectivity index is 1.81. The molecule has 0 unspecified atom stereocenters. The molecule has 1 aromatic rings. The highest BCUT2D eigenvalue weighted by molar-refractivity contribution is 6.29. The molecular weight excluding hydrogens is 382 g/mol. The fraction of sp³-hybridized carbons (Fsp3) is 0.550. The van der Waals surface area contributed by atoms with E-state index < -0.39 is 11.6 Å². The van der Waals surface area contributed by atoms with E-state index in [-0.39, 0.29) is 6.09 Å². The van der Waals surface area contributed by atoms with E-state index in [0.29, 0.717) is 37.3 Å². The minimum absolute atomic E-state index is 0.260. The van der Waals surface area contributed by atoms with Crippen LogP contribution >= 0.6 is 11.6 Å². The van der Waals surface area contributed by atoms with Gasteiger partial charge in [0.25, 0.3) is 0 Å². The van der Waals surface area contributed by atoms with Gasteiger partial charge in [0.15, 0.2) is 0 Å². The Bertz CT molecular complexity index is 725. The van der Waals surface area contributed by atoms with Gasteiger partial charge in [0.1, 0.15) is 10.8 Å². The lowest BCUT2D eigenvalue weighted by molar-refractivity contribution is -0.137. The molecule has 1 saturated heterocycles. The summed E-state index contributed by atoms with van der Waals surface area (Å²) in [6.45, 7) is 9.78. The van der Waals surface area contributed by atoms with Crippen molar-refractivity contribution in [3.8, 4) is 0 Å². The highest BCUT2D eigenvalue weighted by Crippen LogP contribution is 2.24. The van der Waals surface area contributed by atoms with Crippen LogP contribution in [0.25, 0.3) is 6.08 Å². The zero-order chi connectivity index (χ0) is 20.7. The topological polar surface area (TPSA) is 80.8 Å². The molecule has 0 radical (unpaired) electrons. The number of esters is 1. The number of amides is 1. The molecule has 0 aliphatic carbocycles. The highest BCUT2D eigenvalue weighted by atomic mass is 35.5. The van der Waals surface area contributed by atoms with Gasteiger partial charge < -0.3 is 19.7 Å². The number of aromatic nitrogens is 1. The second-order valence-electron chi connectivity index (χ2n) is 7.65. The highest BCUT2D eigenvalue weighted by Gasteiger charge is 2.33. The molecule has 0 atom stereocenters. The number of hydrogen-bond acceptors (Lipinski definition) is 6. The molecule has 8 heteroatoms. The maximum atomic E-state index is 12.0. The maximum Gasteiger partial charge on any atom is 0.410 e. The van der Waals surface area contributed by atoms with Crippen LogP contribution in [0.4, 0.5) is 10.5 Å². The van der Waals surface area contributed by atoms with Crippen molar-refractivity contribution >= 4 is 35.4 Å². The zero-order valence-electron chi connectivity index (χ0n) is 16.8. The SMILES string of the molecule is CCOC(=O)/C=C/c1cnc(Cl)cc1NCCC1CN(C(=O)OC(C)(C)C)C1. The summed E-state index contributed by atoms with van der Waals surface area (Å²) in [6.07, 6.45) is 5.26. The Hall–Kier alpha value is -2.28. The molecule has 7 nitrogen and oxygen atoms in total. The number of hydrogen-bond donors (Lipinski definition) is 1. The number of ether oxygens (including phenoxy) is 2. The summed E-state index contributed by atoms with van der Waals surface area (Å²) in [5.74, 6) is 0.0240. The average Bonchev–Trinajstić information content (AvgIpc) is 2.54. The Kier molecular flexibility index (Phi) is 7.69. The van der Waals surface area contributed by atoms with Gasteiger partial charge in [-0.1, -0.05) is 11.6 Å². The lowest BCUT2D eigenvalue weighted by atomic mass is 9.97. The second-order valence-corrected chi connectivity index (χ2v) is 8.03. The van der Waals surface area contributed by atoms with Crippen molar-refractivity contribution in [3.05, 3.63) is 29.1 Å². The number of anilines is 1. The molecule has 0 bridgehead atoms. The molecule has 0 saturated carbocycles. The van der Waals surface area contributed by atoms with Gasteiger partial charge >= 0.3 is 12.1 Å². The number of pyridine rings is 1. The van der Waals surface area contributed by atoms with Crippen molar-refractivity contribution in [2.75, 3.05) is 31.6 Å². The van der Waals surface area contributed by atoms with Crippen LogP contribution in [0.1, 0.15) is 39.7 Å². The molecule has 28 heavy (non-hydrogen) atoms. The molecule has 1 amide bonds. The van der Waals surface area contributed by atoms with E-state index in [1.165, 1.54) is 6.08 Å². The molecule has 1 fully saturated rings. The summed E-state index contributed by atoms with van der Waals surface area (Å²) in [4.78, 5) is 29.2. The van der Waals surface area contributed by atoms with Crippen LogP contribution in [0.3, 0.4) is 0 Å². The summed E-state index contributed by atoms with van der Waals surface area (Å²) in [5.41, 5.74) is 1.07. The zero-order valence-corrected chi connectivity index (χ0v) is 17.6. The predicted octanol–water partition coefficient (Wildman–Crippen LogP) is 3.98. The molecule has 154 valence electrons. The maximum absolute atomic E-state index is 12.0. The third-order valence-corrected chi connectivity index (χ3v) is 4.27. The Morgan fingerprint density at radius 1 is 1.39 bits per heavy atom. The van der Waals surface area contributed by atoms with Crippen LogP contribution in [0, 0.1) is 5.92 Å². The third kappa shape index (κ3) is 7.03. The van der Waals surface area contributed by atoms with Crippen LogP contribution in [0.5, 0.6) is 0 Å². The normalized spacial score (nSPS) is 14.7. The first kappa shape index (κ1) is 22.0. The van der Waals surface area contributed by atoms with Gasteiger partial charge in [0.05, 0.1) is 6.61 Å². The average molecular weight is 410 g/mol. The second kappa shape index (κ2) is 9.78. The van der Waals surface area contributed by atoms with Crippen molar-refractivity contribution in [2.24, 2.45) is 5.92 Å². The number of carbonyl (C=O) groups excluding carboxylic acids is 2. The van der Waals surface area contributed by atoms with Gasteiger partial charge in [0, 0.05) is 43.2 Å². The summed E-state index contributed by atoms with van der Waals surface area (Å²) in [6, 6.07) is 1.72. The molecule has 2 heterocycles. The lowest BCUT2D eigenvalue weighted by Crippen LogP contribution is -2.51. The van der Waals surface area contributed by atoms with Gasteiger partial charge in [0.2, 0.25) is 0 Å².